The number of carbonyl (C=O) groups is 3. The molecule has 1 unspecified atom stereocenters. The van der Waals surface area contributed by atoms with Crippen molar-refractivity contribution in [3.63, 3.8) is 0 Å². The minimum atomic E-state index is -0.853. The molecule has 0 aliphatic carbocycles. The third-order valence-electron chi connectivity index (χ3n) is 6.43. The molecule has 5 rings (SSSR count). The number of ketones is 1. The summed E-state index contributed by atoms with van der Waals surface area (Å²) >= 11 is 0. The van der Waals surface area contributed by atoms with Crippen molar-refractivity contribution in [2.24, 2.45) is 0 Å². The number of amides is 1. The Hall–Kier alpha value is -4.65. The van der Waals surface area contributed by atoms with Crippen molar-refractivity contribution >= 4 is 40.0 Å². The molecular formula is C29H24N2O5. The molecule has 7 nitrogen and oxygen atoms in total. The molecule has 1 atom stereocenters. The minimum Gasteiger partial charge on any atom is -0.507 e. The van der Waals surface area contributed by atoms with Crippen molar-refractivity contribution in [2.75, 3.05) is 11.5 Å². The molecule has 1 amide bonds. The summed E-state index contributed by atoms with van der Waals surface area (Å²) in [6.07, 6.45) is 1.64. The number of H-pyrrole nitrogens is 1. The van der Waals surface area contributed by atoms with E-state index in [1.807, 2.05) is 55.5 Å². The topological polar surface area (TPSA) is 99.7 Å². The average molecular weight is 481 g/mol. The molecule has 7 heteroatoms. The number of anilines is 1. The zero-order chi connectivity index (χ0) is 25.4. The van der Waals surface area contributed by atoms with Crippen LogP contribution in [0.25, 0.3) is 16.7 Å². The second-order valence-corrected chi connectivity index (χ2v) is 8.54. The number of nitrogens with one attached hydrogen (secondary N) is 1. The third kappa shape index (κ3) is 3.75. The van der Waals surface area contributed by atoms with E-state index in [0.717, 1.165) is 16.5 Å². The van der Waals surface area contributed by atoms with Gasteiger partial charge < -0.3 is 14.8 Å². The first-order valence-electron chi connectivity index (χ1n) is 11.6. The standard InChI is InChI=1S/C29H24N2O5/c1-3-36-29(35)18-12-14-19(15-13-18)31-25(20-9-5-4-8-17(20)2)24(27(33)28(31)34)26(32)22-16-30-23-11-7-6-10-21(22)23/h4-16,25,30,32H,3H2,1-2H3/b26-24+. The van der Waals surface area contributed by atoms with Gasteiger partial charge in [-0.05, 0) is 55.3 Å². The van der Waals surface area contributed by atoms with Crippen LogP contribution >= 0.6 is 0 Å². The van der Waals surface area contributed by atoms with Crippen LogP contribution in [0.4, 0.5) is 5.69 Å². The van der Waals surface area contributed by atoms with Gasteiger partial charge in [0.2, 0.25) is 0 Å². The molecule has 180 valence electrons. The van der Waals surface area contributed by atoms with Crippen LogP contribution in [0.15, 0.2) is 84.6 Å². The number of aromatic nitrogens is 1. The number of aliphatic hydroxyl groups is 1. The number of fused-ring (bicyclic) bond motifs is 1. The van der Waals surface area contributed by atoms with Gasteiger partial charge in [0.05, 0.1) is 23.8 Å². The first-order chi connectivity index (χ1) is 17.4. The lowest BCUT2D eigenvalue weighted by molar-refractivity contribution is -0.132. The number of aromatic amines is 1. The van der Waals surface area contributed by atoms with Gasteiger partial charge >= 0.3 is 5.97 Å². The largest absolute Gasteiger partial charge is 0.507 e. The fourth-order valence-corrected chi connectivity index (χ4v) is 4.67. The fraction of sp³-hybridized carbons (Fsp3) is 0.138. The van der Waals surface area contributed by atoms with Crippen LogP contribution < -0.4 is 4.90 Å². The maximum Gasteiger partial charge on any atom is 0.338 e. The first-order valence-corrected chi connectivity index (χ1v) is 11.6. The van der Waals surface area contributed by atoms with Crippen molar-refractivity contribution in [1.29, 1.82) is 0 Å². The van der Waals surface area contributed by atoms with Gasteiger partial charge in [0.15, 0.2) is 0 Å². The van der Waals surface area contributed by atoms with E-state index >= 15 is 0 Å². The normalized spacial score (nSPS) is 17.1. The Morgan fingerprint density at radius 3 is 2.42 bits per heavy atom. The molecular weight excluding hydrogens is 456 g/mol. The van der Waals surface area contributed by atoms with Crippen molar-refractivity contribution in [3.8, 4) is 0 Å². The first kappa shape index (κ1) is 23.1. The number of hydrogen-bond donors (Lipinski definition) is 2. The van der Waals surface area contributed by atoms with Crippen LogP contribution in [0.3, 0.4) is 0 Å². The van der Waals surface area contributed by atoms with Gasteiger partial charge in [-0.1, -0.05) is 42.5 Å². The van der Waals surface area contributed by atoms with Crippen molar-refractivity contribution in [1.82, 2.24) is 4.98 Å². The lowest BCUT2D eigenvalue weighted by Gasteiger charge is -2.26. The molecule has 1 aromatic heterocycles. The van der Waals surface area contributed by atoms with Crippen molar-refractivity contribution in [2.45, 2.75) is 19.9 Å². The van der Waals surface area contributed by atoms with Gasteiger partial charge in [0.1, 0.15) is 5.76 Å². The van der Waals surface area contributed by atoms with E-state index in [1.54, 1.807) is 37.4 Å². The number of nitrogens with zero attached hydrogens (tertiary/aromatic N) is 1. The summed E-state index contributed by atoms with van der Waals surface area (Å²) in [4.78, 5) is 43.4. The summed E-state index contributed by atoms with van der Waals surface area (Å²) in [6, 6.07) is 20.3. The summed E-state index contributed by atoms with van der Waals surface area (Å²) in [7, 11) is 0. The number of Topliss-reactive ketones (excluding diaryl/α,β-unsaturated/α-hetero) is 1. The van der Waals surface area contributed by atoms with E-state index in [1.165, 1.54) is 4.90 Å². The number of hydrogen-bond acceptors (Lipinski definition) is 5. The molecule has 0 bridgehead atoms. The molecule has 1 aliphatic heterocycles. The molecule has 0 saturated carbocycles. The van der Waals surface area contributed by atoms with Gasteiger partial charge in [-0.15, -0.1) is 0 Å². The van der Waals surface area contributed by atoms with E-state index in [-0.39, 0.29) is 17.9 Å². The Morgan fingerprint density at radius 1 is 1.00 bits per heavy atom. The molecule has 0 radical (unpaired) electrons. The molecule has 36 heavy (non-hydrogen) atoms. The Bertz CT molecular complexity index is 1530. The third-order valence-corrected chi connectivity index (χ3v) is 6.43. The van der Waals surface area contributed by atoms with Crippen LogP contribution in [-0.2, 0) is 14.3 Å². The highest BCUT2D eigenvalue weighted by molar-refractivity contribution is 6.51. The number of aliphatic hydroxyl groups excluding tert-OH is 1. The van der Waals surface area contributed by atoms with Crippen LogP contribution in [0.5, 0.6) is 0 Å². The van der Waals surface area contributed by atoms with Gasteiger partial charge in [-0.2, -0.15) is 0 Å². The van der Waals surface area contributed by atoms with Gasteiger partial charge in [-0.25, -0.2) is 4.79 Å². The number of benzene rings is 3. The average Bonchev–Trinajstić information content (AvgIpc) is 3.43. The van der Waals surface area contributed by atoms with Gasteiger partial charge in [-0.3, -0.25) is 14.5 Å². The summed E-state index contributed by atoms with van der Waals surface area (Å²) in [5.74, 6) is -2.25. The van der Waals surface area contributed by atoms with Crippen LogP contribution in [0, 0.1) is 6.92 Å². The van der Waals surface area contributed by atoms with Crippen LogP contribution in [0.1, 0.15) is 40.0 Å². The lowest BCUT2D eigenvalue weighted by atomic mass is 9.92. The number of para-hydroxylation sites is 1. The van der Waals surface area contributed by atoms with E-state index in [9.17, 15) is 19.5 Å². The number of ether oxygens (including phenoxy) is 1. The zero-order valence-electron chi connectivity index (χ0n) is 19.8. The maximum absolute atomic E-state index is 13.4. The predicted octanol–water partition coefficient (Wildman–Crippen LogP) is 5.28. The second kappa shape index (κ2) is 9.19. The van der Waals surface area contributed by atoms with E-state index < -0.39 is 23.7 Å². The minimum absolute atomic E-state index is 0.00789. The number of esters is 1. The van der Waals surface area contributed by atoms with Crippen molar-refractivity contribution < 1.29 is 24.2 Å². The quantitative estimate of drug-likeness (QED) is 0.175. The van der Waals surface area contributed by atoms with E-state index in [0.29, 0.717) is 22.4 Å². The molecule has 0 spiro atoms. The zero-order valence-corrected chi connectivity index (χ0v) is 19.8. The number of rotatable bonds is 5. The van der Waals surface area contributed by atoms with Crippen molar-refractivity contribution in [3.05, 3.63) is 107 Å². The highest BCUT2D eigenvalue weighted by atomic mass is 16.5. The smallest absolute Gasteiger partial charge is 0.338 e. The Labute approximate surface area is 207 Å². The highest BCUT2D eigenvalue weighted by Gasteiger charge is 2.47. The number of aryl methyl sites for hydroxylation is 1. The monoisotopic (exact) mass is 480 g/mol. The summed E-state index contributed by atoms with van der Waals surface area (Å²) in [5.41, 5.74) is 3.60. The van der Waals surface area contributed by atoms with E-state index in [2.05, 4.69) is 4.98 Å². The fourth-order valence-electron chi connectivity index (χ4n) is 4.67. The molecule has 1 aliphatic rings. The van der Waals surface area contributed by atoms with Crippen LogP contribution in [-0.4, -0.2) is 34.4 Å². The van der Waals surface area contributed by atoms with E-state index in [4.69, 9.17) is 4.74 Å². The SMILES string of the molecule is CCOC(=O)c1ccc(N2C(=O)C(=O)/C(=C(/O)c3c[nH]c4ccccc34)C2c2ccccc2C)cc1. The van der Waals surface area contributed by atoms with Gasteiger partial charge in [0.25, 0.3) is 11.7 Å². The molecule has 1 fully saturated rings. The molecule has 1 saturated heterocycles. The molecule has 4 aromatic rings. The number of carbonyl (C=O) groups excluding carboxylic acids is 3. The summed E-state index contributed by atoms with van der Waals surface area (Å²) in [6.45, 7) is 3.86. The van der Waals surface area contributed by atoms with Gasteiger partial charge in [0, 0.05) is 28.4 Å². The summed E-state index contributed by atoms with van der Waals surface area (Å²) in [5, 5.41) is 12.2. The second-order valence-electron chi connectivity index (χ2n) is 8.54. The Kier molecular flexibility index (Phi) is 5.90. The molecule has 3 aromatic carbocycles. The van der Waals surface area contributed by atoms with Crippen LogP contribution in [0.2, 0.25) is 0 Å². The predicted molar refractivity (Wildman–Crippen MR) is 137 cm³/mol. The summed E-state index contributed by atoms with van der Waals surface area (Å²) < 4.78 is 5.05. The maximum atomic E-state index is 13.4. The molecule has 2 heterocycles. The Balaban J connectivity index is 1.69. The Morgan fingerprint density at radius 2 is 1.69 bits per heavy atom. The lowest BCUT2D eigenvalue weighted by Crippen LogP contribution is -2.29. The highest BCUT2D eigenvalue weighted by Crippen LogP contribution is 2.43. The molecule has 2 N–H and O–H groups in total.